The lowest BCUT2D eigenvalue weighted by Gasteiger charge is -2.06. The van der Waals surface area contributed by atoms with E-state index in [1.165, 1.54) is 11.8 Å². The van der Waals surface area contributed by atoms with E-state index in [1.807, 2.05) is 0 Å². The first kappa shape index (κ1) is 13.5. The molecule has 100 valence electrons. The molecule has 1 aromatic heterocycles. The van der Waals surface area contributed by atoms with Gasteiger partial charge in [0.15, 0.2) is 10.7 Å². The van der Waals surface area contributed by atoms with E-state index in [0.717, 1.165) is 10.5 Å². The van der Waals surface area contributed by atoms with Gasteiger partial charge in [-0.25, -0.2) is 4.68 Å². The summed E-state index contributed by atoms with van der Waals surface area (Å²) in [6.45, 7) is -0.0553. The van der Waals surface area contributed by atoms with Crippen LogP contribution in [0.1, 0.15) is 0 Å². The molecule has 0 saturated carbocycles. The van der Waals surface area contributed by atoms with E-state index in [2.05, 4.69) is 20.3 Å². The summed E-state index contributed by atoms with van der Waals surface area (Å²) in [5, 5.41) is 11.1. The molecule has 2 rings (SSSR count). The zero-order valence-corrected chi connectivity index (χ0v) is 11.3. The summed E-state index contributed by atoms with van der Waals surface area (Å²) in [5.41, 5.74) is 0.739. The molecule has 0 spiro atoms. The molecule has 0 aliphatic heterocycles. The molecule has 7 nitrogen and oxygen atoms in total. The predicted molar refractivity (Wildman–Crippen MR) is 67.6 cm³/mol. The van der Waals surface area contributed by atoms with Crippen LogP contribution < -0.4 is 0 Å². The summed E-state index contributed by atoms with van der Waals surface area (Å²) >= 11 is -1.03. The van der Waals surface area contributed by atoms with Crippen LogP contribution >= 0.6 is 0 Å². The lowest BCUT2D eigenvalue weighted by atomic mass is 10.2. The highest BCUT2D eigenvalue weighted by molar-refractivity contribution is 7.90. The third-order valence-electron chi connectivity index (χ3n) is 2.48. The van der Waals surface area contributed by atoms with Gasteiger partial charge in [-0.3, -0.25) is 4.79 Å². The van der Waals surface area contributed by atoms with Gasteiger partial charge in [0.05, 0.1) is 7.11 Å². The first-order valence-electron chi connectivity index (χ1n) is 5.38. The number of rotatable bonds is 4. The van der Waals surface area contributed by atoms with Gasteiger partial charge in [-0.05, 0) is 45.9 Å². The molecule has 0 amide bonds. The molecule has 1 aromatic carbocycles. The fourth-order valence-electron chi connectivity index (χ4n) is 1.50. The number of benzene rings is 1. The van der Waals surface area contributed by atoms with Crippen LogP contribution in [0.4, 0.5) is 0 Å². The van der Waals surface area contributed by atoms with Crippen molar-refractivity contribution in [2.75, 3.05) is 13.4 Å². The van der Waals surface area contributed by atoms with Crippen molar-refractivity contribution in [3.05, 3.63) is 24.3 Å². The average molecular weight is 280 g/mol. The van der Waals surface area contributed by atoms with Crippen LogP contribution in [0.3, 0.4) is 0 Å². The van der Waals surface area contributed by atoms with Crippen molar-refractivity contribution in [2.24, 2.45) is 0 Å². The molecule has 1 heterocycles. The van der Waals surface area contributed by atoms with Crippen LogP contribution in [0.5, 0.6) is 0 Å². The molecule has 0 radical (unpaired) electrons. The number of ether oxygens (including phenoxy) is 1. The lowest BCUT2D eigenvalue weighted by Crippen LogP contribution is -2.14. The van der Waals surface area contributed by atoms with Gasteiger partial charge in [0, 0.05) is 5.56 Å². The lowest BCUT2D eigenvalue weighted by molar-refractivity contribution is -0.141. The fourth-order valence-corrected chi connectivity index (χ4v) is 2.02. The molecule has 1 unspecified atom stereocenters. The van der Waals surface area contributed by atoms with Crippen LogP contribution in [0.25, 0.3) is 11.4 Å². The van der Waals surface area contributed by atoms with Crippen LogP contribution in [-0.2, 0) is 27.3 Å². The first-order valence-corrected chi connectivity index (χ1v) is 6.94. The summed E-state index contributed by atoms with van der Waals surface area (Å²) in [7, 11) is 1.30. The molecule has 0 saturated heterocycles. The molecule has 0 N–H and O–H groups in total. The molecular formula is C11H12N4O3S. The first-order chi connectivity index (χ1) is 9.11. The number of hydrogen-bond donors (Lipinski definition) is 0. The van der Waals surface area contributed by atoms with E-state index in [1.54, 1.807) is 30.5 Å². The minimum Gasteiger partial charge on any atom is -0.612 e. The van der Waals surface area contributed by atoms with Crippen LogP contribution in [0, 0.1) is 0 Å². The van der Waals surface area contributed by atoms with Crippen molar-refractivity contribution < 1.29 is 14.1 Å². The minimum absolute atomic E-state index is 0.0553. The maximum atomic E-state index is 11.3. The van der Waals surface area contributed by atoms with Crippen molar-refractivity contribution in [3.8, 4) is 11.4 Å². The molecule has 1 atom stereocenters. The van der Waals surface area contributed by atoms with Gasteiger partial charge in [0.2, 0.25) is 0 Å². The maximum Gasteiger partial charge on any atom is 0.327 e. The van der Waals surface area contributed by atoms with Gasteiger partial charge in [0.1, 0.15) is 12.8 Å². The zero-order valence-electron chi connectivity index (χ0n) is 10.4. The topological polar surface area (TPSA) is 93.0 Å². The molecule has 0 fully saturated rings. The summed E-state index contributed by atoms with van der Waals surface area (Å²) in [4.78, 5) is 11.9. The van der Waals surface area contributed by atoms with E-state index in [9.17, 15) is 9.35 Å². The Bertz CT molecular complexity index is 568. The normalized spacial score (nSPS) is 12.2. The molecule has 2 aromatic rings. The highest BCUT2D eigenvalue weighted by Gasteiger charge is 2.13. The highest BCUT2D eigenvalue weighted by atomic mass is 32.2. The molecule has 8 heteroatoms. The SMILES string of the molecule is COC(=O)Cn1nnnc1-c1ccc([S+](C)[O-])cc1. The molecular weight excluding hydrogens is 268 g/mol. The van der Waals surface area contributed by atoms with Crippen LogP contribution in [0.15, 0.2) is 29.2 Å². The number of nitrogens with zero attached hydrogens (tertiary/aromatic N) is 4. The summed E-state index contributed by atoms with van der Waals surface area (Å²) in [6, 6.07) is 7.00. The van der Waals surface area contributed by atoms with Gasteiger partial charge in [0.25, 0.3) is 0 Å². The standard InChI is InChI=1S/C11H12N4O3S/c1-18-10(16)7-15-11(12-13-14-15)8-3-5-9(6-4-8)19(2)17/h3-6H,7H2,1-2H3. The fraction of sp³-hybridized carbons (Fsp3) is 0.273. The average Bonchev–Trinajstić information content (AvgIpc) is 2.86. The third kappa shape index (κ3) is 3.09. The van der Waals surface area contributed by atoms with E-state index in [0.29, 0.717) is 5.82 Å². The monoisotopic (exact) mass is 280 g/mol. The Morgan fingerprint density at radius 2 is 2.11 bits per heavy atom. The Morgan fingerprint density at radius 1 is 1.42 bits per heavy atom. The van der Waals surface area contributed by atoms with E-state index < -0.39 is 17.1 Å². The Kier molecular flexibility index (Phi) is 4.13. The Morgan fingerprint density at radius 3 is 2.68 bits per heavy atom. The summed E-state index contributed by atoms with van der Waals surface area (Å²) in [5.74, 6) is 0.0265. The van der Waals surface area contributed by atoms with Crippen molar-refractivity contribution in [1.82, 2.24) is 20.2 Å². The van der Waals surface area contributed by atoms with Crippen LogP contribution in [-0.4, -0.2) is 44.1 Å². The summed E-state index contributed by atoms with van der Waals surface area (Å²) in [6.07, 6.45) is 1.61. The third-order valence-corrected chi connectivity index (χ3v) is 3.42. The van der Waals surface area contributed by atoms with Crippen LogP contribution in [0.2, 0.25) is 0 Å². The highest BCUT2D eigenvalue weighted by Crippen LogP contribution is 2.18. The Labute approximate surface area is 112 Å². The largest absolute Gasteiger partial charge is 0.612 e. The number of esters is 1. The van der Waals surface area contributed by atoms with Gasteiger partial charge in [-0.15, -0.1) is 5.10 Å². The van der Waals surface area contributed by atoms with Crippen molar-refractivity contribution in [1.29, 1.82) is 0 Å². The molecule has 0 aliphatic carbocycles. The second kappa shape index (κ2) is 5.81. The minimum atomic E-state index is -1.03. The number of hydrogen-bond acceptors (Lipinski definition) is 6. The van der Waals surface area contributed by atoms with E-state index >= 15 is 0 Å². The second-order valence-electron chi connectivity index (χ2n) is 3.71. The van der Waals surface area contributed by atoms with E-state index in [-0.39, 0.29) is 6.54 Å². The summed E-state index contributed by atoms with van der Waals surface area (Å²) < 4.78 is 17.2. The van der Waals surface area contributed by atoms with Crippen molar-refractivity contribution in [2.45, 2.75) is 11.4 Å². The molecule has 19 heavy (non-hydrogen) atoms. The Balaban J connectivity index is 2.27. The quantitative estimate of drug-likeness (QED) is 0.588. The van der Waals surface area contributed by atoms with Crippen molar-refractivity contribution >= 4 is 17.1 Å². The molecule has 0 aliphatic rings. The maximum absolute atomic E-state index is 11.3. The van der Waals surface area contributed by atoms with E-state index in [4.69, 9.17) is 0 Å². The van der Waals surface area contributed by atoms with Gasteiger partial charge < -0.3 is 9.29 Å². The number of aromatic nitrogens is 4. The zero-order chi connectivity index (χ0) is 13.8. The van der Waals surface area contributed by atoms with Gasteiger partial charge in [-0.2, -0.15) is 0 Å². The number of carbonyl (C=O) groups is 1. The predicted octanol–water partition coefficient (Wildman–Crippen LogP) is 0.250. The number of methoxy groups -OCH3 is 1. The van der Waals surface area contributed by atoms with Gasteiger partial charge in [-0.1, -0.05) is 0 Å². The van der Waals surface area contributed by atoms with Gasteiger partial charge >= 0.3 is 5.97 Å². The Hall–Kier alpha value is -1.93. The number of tetrazole rings is 1. The second-order valence-corrected chi connectivity index (χ2v) is 5.09. The molecule has 0 bridgehead atoms. The van der Waals surface area contributed by atoms with Crippen molar-refractivity contribution in [3.63, 3.8) is 0 Å². The number of carbonyl (C=O) groups excluding carboxylic acids is 1. The smallest absolute Gasteiger partial charge is 0.327 e.